The maximum Gasteiger partial charge on any atom is 0.253 e. The summed E-state index contributed by atoms with van der Waals surface area (Å²) in [5.74, 6) is 2.05. The van der Waals surface area contributed by atoms with Crippen LogP contribution >= 0.6 is 11.3 Å². The molecular weight excluding hydrogens is 380 g/mol. The van der Waals surface area contributed by atoms with Gasteiger partial charge in [0.05, 0.1) is 5.56 Å². The number of H-pyrrole nitrogens is 1. The van der Waals surface area contributed by atoms with Crippen molar-refractivity contribution in [1.82, 2.24) is 10.3 Å². The molecule has 0 saturated heterocycles. The van der Waals surface area contributed by atoms with Crippen LogP contribution in [-0.4, -0.2) is 10.9 Å². The second kappa shape index (κ2) is 9.29. The third-order valence-corrected chi connectivity index (χ3v) is 7.86. The number of thiophene rings is 1. The molecule has 0 aromatic carbocycles. The average molecular weight is 415 g/mol. The summed E-state index contributed by atoms with van der Waals surface area (Å²) in [6.45, 7) is 10.7. The first-order valence-corrected chi connectivity index (χ1v) is 11.7. The van der Waals surface area contributed by atoms with Crippen molar-refractivity contribution in [3.05, 3.63) is 54.6 Å². The van der Waals surface area contributed by atoms with E-state index in [0.717, 1.165) is 40.6 Å². The van der Waals surface area contributed by atoms with Crippen LogP contribution in [0.1, 0.15) is 89.5 Å². The molecular formula is C24H34N2O2S. The molecule has 3 rings (SSSR count). The second-order valence-electron chi connectivity index (χ2n) is 8.80. The van der Waals surface area contributed by atoms with Gasteiger partial charge in [-0.15, -0.1) is 11.3 Å². The van der Waals surface area contributed by atoms with E-state index in [1.165, 1.54) is 30.6 Å². The van der Waals surface area contributed by atoms with Gasteiger partial charge in [-0.3, -0.25) is 9.59 Å². The number of aromatic nitrogens is 1. The molecule has 1 fully saturated rings. The summed E-state index contributed by atoms with van der Waals surface area (Å²) in [5.41, 5.74) is 4.12. The van der Waals surface area contributed by atoms with Crippen LogP contribution < -0.4 is 10.9 Å². The first-order chi connectivity index (χ1) is 13.8. The van der Waals surface area contributed by atoms with Crippen LogP contribution in [0.3, 0.4) is 0 Å². The van der Waals surface area contributed by atoms with Crippen LogP contribution in [0.25, 0.3) is 0 Å². The van der Waals surface area contributed by atoms with E-state index < -0.39 is 0 Å². The lowest BCUT2D eigenvalue weighted by Gasteiger charge is -2.32. The number of pyridine rings is 1. The third kappa shape index (κ3) is 4.82. The Kier molecular flexibility index (Phi) is 6.99. The maximum absolute atomic E-state index is 12.9. The van der Waals surface area contributed by atoms with Gasteiger partial charge in [0.1, 0.15) is 0 Å². The number of carbonyl (C=O) groups is 1. The first kappa shape index (κ1) is 21.8. The average Bonchev–Trinajstić information content (AvgIpc) is 3.04. The topological polar surface area (TPSA) is 62.0 Å². The van der Waals surface area contributed by atoms with Gasteiger partial charge in [-0.1, -0.05) is 26.7 Å². The lowest BCUT2D eigenvalue weighted by molar-refractivity contribution is 0.0950. The fraction of sp³-hybridized carbons (Fsp3) is 0.583. The number of hydrogen-bond donors (Lipinski definition) is 2. The third-order valence-electron chi connectivity index (χ3n) is 6.65. The molecule has 29 heavy (non-hydrogen) atoms. The highest BCUT2D eigenvalue weighted by Crippen LogP contribution is 2.43. The van der Waals surface area contributed by atoms with Gasteiger partial charge in [-0.05, 0) is 75.0 Å². The van der Waals surface area contributed by atoms with Crippen molar-refractivity contribution in [2.75, 3.05) is 0 Å². The van der Waals surface area contributed by atoms with E-state index in [2.05, 4.69) is 31.1 Å². The minimum Gasteiger partial charge on any atom is -0.348 e. The zero-order chi connectivity index (χ0) is 21.1. The van der Waals surface area contributed by atoms with Gasteiger partial charge in [0.15, 0.2) is 0 Å². The van der Waals surface area contributed by atoms with E-state index in [1.807, 2.05) is 25.3 Å². The normalized spacial score (nSPS) is 20.4. The summed E-state index contributed by atoms with van der Waals surface area (Å²) < 4.78 is 0. The SMILES string of the molecule is CCC(c1scc(C(=O)NCc2c(C)cc(C)[nH]c2=O)c1C)C1CCC(C)CC1. The Morgan fingerprint density at radius 1 is 1.24 bits per heavy atom. The molecule has 0 aliphatic heterocycles. The van der Waals surface area contributed by atoms with Crippen LogP contribution in [0, 0.1) is 32.6 Å². The highest BCUT2D eigenvalue weighted by atomic mass is 32.1. The molecule has 0 bridgehead atoms. The van der Waals surface area contributed by atoms with Gasteiger partial charge in [0.25, 0.3) is 11.5 Å². The standard InChI is InChI=1S/C24H34N2O2S/c1-6-19(18-9-7-14(2)8-10-18)22-17(5)21(13-29-22)23(27)25-12-20-15(3)11-16(4)26-24(20)28/h11,13-14,18-19H,6-10,12H2,1-5H3,(H,25,27)(H,26,28). The second-order valence-corrected chi connectivity index (χ2v) is 9.71. The highest BCUT2D eigenvalue weighted by Gasteiger charge is 2.29. The van der Waals surface area contributed by atoms with Crippen LogP contribution in [0.4, 0.5) is 0 Å². The number of carbonyl (C=O) groups excluding carboxylic acids is 1. The Morgan fingerprint density at radius 2 is 1.93 bits per heavy atom. The van der Waals surface area contributed by atoms with E-state index >= 15 is 0 Å². The van der Waals surface area contributed by atoms with E-state index in [0.29, 0.717) is 11.5 Å². The van der Waals surface area contributed by atoms with E-state index in [1.54, 1.807) is 11.3 Å². The van der Waals surface area contributed by atoms with Crippen LogP contribution in [0.5, 0.6) is 0 Å². The molecule has 4 nitrogen and oxygen atoms in total. The minimum atomic E-state index is -0.122. The first-order valence-electron chi connectivity index (χ1n) is 10.9. The summed E-state index contributed by atoms with van der Waals surface area (Å²) in [6, 6.07) is 1.94. The fourth-order valence-electron chi connectivity index (χ4n) is 4.81. The Morgan fingerprint density at radius 3 is 2.55 bits per heavy atom. The molecule has 1 aliphatic rings. The molecule has 0 spiro atoms. The van der Waals surface area contributed by atoms with Gasteiger partial charge in [-0.25, -0.2) is 0 Å². The number of amides is 1. The van der Waals surface area contributed by atoms with Crippen LogP contribution in [-0.2, 0) is 6.54 Å². The number of hydrogen-bond acceptors (Lipinski definition) is 3. The van der Waals surface area contributed by atoms with Crippen molar-refractivity contribution in [2.24, 2.45) is 11.8 Å². The number of nitrogens with one attached hydrogen (secondary N) is 2. The van der Waals surface area contributed by atoms with Crippen molar-refractivity contribution in [1.29, 1.82) is 0 Å². The van der Waals surface area contributed by atoms with Gasteiger partial charge < -0.3 is 10.3 Å². The predicted molar refractivity (Wildman–Crippen MR) is 121 cm³/mol. The number of rotatable bonds is 6. The van der Waals surface area contributed by atoms with Gasteiger partial charge in [-0.2, -0.15) is 0 Å². The Hall–Kier alpha value is -1.88. The van der Waals surface area contributed by atoms with Crippen molar-refractivity contribution in [3.63, 3.8) is 0 Å². The highest BCUT2D eigenvalue weighted by molar-refractivity contribution is 7.10. The minimum absolute atomic E-state index is 0.0866. The van der Waals surface area contributed by atoms with E-state index in [9.17, 15) is 9.59 Å². The van der Waals surface area contributed by atoms with Crippen LogP contribution in [0.2, 0.25) is 0 Å². The Labute approximate surface area is 178 Å². The smallest absolute Gasteiger partial charge is 0.253 e. The quantitative estimate of drug-likeness (QED) is 0.645. The lowest BCUT2D eigenvalue weighted by Crippen LogP contribution is -2.28. The van der Waals surface area contributed by atoms with Crippen molar-refractivity contribution >= 4 is 17.2 Å². The summed E-state index contributed by atoms with van der Waals surface area (Å²) in [6.07, 6.45) is 6.37. The zero-order valence-corrected chi connectivity index (χ0v) is 19.2. The molecule has 1 amide bonds. The molecule has 1 atom stereocenters. The molecule has 1 saturated carbocycles. The molecule has 0 radical (unpaired) electrons. The molecule has 2 aromatic rings. The van der Waals surface area contributed by atoms with Crippen molar-refractivity contribution in [2.45, 2.75) is 79.2 Å². The summed E-state index contributed by atoms with van der Waals surface area (Å²) in [4.78, 5) is 29.2. The maximum atomic E-state index is 12.9. The summed E-state index contributed by atoms with van der Waals surface area (Å²) in [5, 5.41) is 4.96. The van der Waals surface area contributed by atoms with Gasteiger partial charge in [0.2, 0.25) is 0 Å². The monoisotopic (exact) mass is 414 g/mol. The number of aromatic amines is 1. The van der Waals surface area contributed by atoms with E-state index in [-0.39, 0.29) is 18.0 Å². The van der Waals surface area contributed by atoms with Gasteiger partial charge >= 0.3 is 0 Å². The molecule has 5 heteroatoms. The molecule has 2 aromatic heterocycles. The Balaban J connectivity index is 1.73. The molecule has 2 heterocycles. The zero-order valence-electron chi connectivity index (χ0n) is 18.4. The number of aryl methyl sites for hydroxylation is 2. The Bertz CT molecular complexity index is 919. The predicted octanol–water partition coefficient (Wildman–Crippen LogP) is 5.61. The lowest BCUT2D eigenvalue weighted by atomic mass is 9.74. The largest absolute Gasteiger partial charge is 0.348 e. The molecule has 1 unspecified atom stereocenters. The molecule has 2 N–H and O–H groups in total. The van der Waals surface area contributed by atoms with Crippen LogP contribution in [0.15, 0.2) is 16.2 Å². The van der Waals surface area contributed by atoms with E-state index in [4.69, 9.17) is 0 Å². The molecule has 158 valence electrons. The summed E-state index contributed by atoms with van der Waals surface area (Å²) in [7, 11) is 0. The van der Waals surface area contributed by atoms with Gasteiger partial charge in [0, 0.05) is 28.1 Å². The fourth-order valence-corrected chi connectivity index (χ4v) is 6.16. The van der Waals surface area contributed by atoms with Crippen molar-refractivity contribution < 1.29 is 4.79 Å². The summed E-state index contributed by atoms with van der Waals surface area (Å²) >= 11 is 1.73. The van der Waals surface area contributed by atoms with Crippen molar-refractivity contribution in [3.8, 4) is 0 Å². The molecule has 1 aliphatic carbocycles.